The molecule has 0 fully saturated rings. The van der Waals surface area contributed by atoms with Crippen molar-refractivity contribution in [1.29, 1.82) is 0 Å². The van der Waals surface area contributed by atoms with Crippen LogP contribution in [0.25, 0.3) is 28.7 Å². The number of phenolic OH excluding ortho intramolecular Hbond substituents is 2. The highest BCUT2D eigenvalue weighted by Gasteiger charge is 2.13. The summed E-state index contributed by atoms with van der Waals surface area (Å²) in [6.07, 6.45) is 3.28. The lowest BCUT2D eigenvalue weighted by Crippen LogP contribution is -2.23. The van der Waals surface area contributed by atoms with E-state index in [0.29, 0.717) is 28.0 Å². The highest BCUT2D eigenvalue weighted by molar-refractivity contribution is 5.80. The second-order valence-corrected chi connectivity index (χ2v) is 8.32. The fourth-order valence-corrected chi connectivity index (χ4v) is 3.98. The van der Waals surface area contributed by atoms with Gasteiger partial charge in [-0.05, 0) is 85.3 Å². The lowest BCUT2D eigenvalue weighted by Gasteiger charge is -2.14. The first-order valence-corrected chi connectivity index (χ1v) is 11.4. The van der Waals surface area contributed by atoms with Crippen molar-refractivity contribution >= 4 is 23.1 Å². The van der Waals surface area contributed by atoms with Crippen molar-refractivity contribution < 1.29 is 10.2 Å². The quantitative estimate of drug-likeness (QED) is 0.263. The Morgan fingerprint density at radius 2 is 1.56 bits per heavy atom. The predicted octanol–water partition coefficient (Wildman–Crippen LogP) is 5.68. The van der Waals surface area contributed by atoms with Crippen LogP contribution in [-0.4, -0.2) is 19.8 Å². The molecule has 0 radical (unpaired) electrons. The molecule has 5 nitrogen and oxygen atoms in total. The molecule has 0 amide bonds. The Bertz CT molecular complexity index is 1740. The third-order valence-electron chi connectivity index (χ3n) is 5.79. The van der Waals surface area contributed by atoms with E-state index in [9.17, 15) is 15.0 Å². The van der Waals surface area contributed by atoms with Crippen LogP contribution in [-0.2, 0) is 0 Å². The van der Waals surface area contributed by atoms with Gasteiger partial charge in [-0.2, -0.15) is 0 Å². The van der Waals surface area contributed by atoms with E-state index >= 15 is 0 Å². The highest BCUT2D eigenvalue weighted by Crippen LogP contribution is 2.25. The van der Waals surface area contributed by atoms with Gasteiger partial charge in [-0.1, -0.05) is 42.2 Å². The van der Waals surface area contributed by atoms with Crippen LogP contribution in [0.3, 0.4) is 0 Å². The largest absolute Gasteiger partial charge is 0.508 e. The van der Waals surface area contributed by atoms with E-state index in [-0.39, 0.29) is 17.1 Å². The van der Waals surface area contributed by atoms with Crippen LogP contribution in [0.1, 0.15) is 28.1 Å². The maximum atomic E-state index is 13.6. The number of phenols is 2. The minimum absolute atomic E-state index is 0.0104. The number of aryl methyl sites for hydroxylation is 1. The summed E-state index contributed by atoms with van der Waals surface area (Å²) in [6, 6.07) is 26.9. The summed E-state index contributed by atoms with van der Waals surface area (Å²) in [5, 5.41) is 20.5. The molecule has 5 rings (SSSR count). The number of rotatable bonds is 3. The summed E-state index contributed by atoms with van der Waals surface area (Å²) >= 11 is 0. The SMILES string of the molecule is Cc1cc(C#Cc2ccccc2)ccc1-n1c(C=Cc2cc(O)ccc2O)nc2ccccc2c1=O. The molecule has 0 spiro atoms. The third kappa shape index (κ3) is 4.61. The van der Waals surface area contributed by atoms with Crippen molar-refractivity contribution in [2.24, 2.45) is 0 Å². The van der Waals surface area contributed by atoms with Crippen LogP contribution in [0.5, 0.6) is 11.5 Å². The van der Waals surface area contributed by atoms with Crippen LogP contribution < -0.4 is 5.56 Å². The van der Waals surface area contributed by atoms with Crippen molar-refractivity contribution in [1.82, 2.24) is 9.55 Å². The standard InChI is InChI=1S/C31H22N2O3/c1-21-19-23(12-11-22-7-3-2-4-8-22)13-16-28(21)33-30(18-14-24-20-25(34)15-17-29(24)35)32-27-10-6-5-9-26(27)31(33)36/h2-10,13-20,34-35H,1H3. The zero-order valence-electron chi connectivity index (χ0n) is 19.5. The minimum Gasteiger partial charge on any atom is -0.508 e. The van der Waals surface area contributed by atoms with Crippen LogP contribution in [0.15, 0.2) is 95.8 Å². The zero-order chi connectivity index (χ0) is 25.1. The van der Waals surface area contributed by atoms with E-state index in [2.05, 4.69) is 11.8 Å². The molecule has 0 atom stereocenters. The van der Waals surface area contributed by atoms with E-state index < -0.39 is 0 Å². The molecule has 0 saturated heterocycles. The number of fused-ring (bicyclic) bond motifs is 1. The summed E-state index contributed by atoms with van der Waals surface area (Å²) in [5.74, 6) is 6.77. The van der Waals surface area contributed by atoms with Gasteiger partial charge < -0.3 is 10.2 Å². The molecular weight excluding hydrogens is 448 g/mol. The van der Waals surface area contributed by atoms with E-state index in [1.165, 1.54) is 18.2 Å². The predicted molar refractivity (Wildman–Crippen MR) is 143 cm³/mol. The molecule has 0 unspecified atom stereocenters. The maximum Gasteiger partial charge on any atom is 0.266 e. The van der Waals surface area contributed by atoms with E-state index in [1.807, 2.05) is 67.6 Å². The summed E-state index contributed by atoms with van der Waals surface area (Å²) in [7, 11) is 0. The number of nitrogens with zero attached hydrogens (tertiary/aromatic N) is 2. The molecule has 0 saturated carbocycles. The summed E-state index contributed by atoms with van der Waals surface area (Å²) in [4.78, 5) is 18.3. The second kappa shape index (κ2) is 9.65. The van der Waals surface area contributed by atoms with Gasteiger partial charge in [0.25, 0.3) is 5.56 Å². The molecule has 4 aromatic carbocycles. The first-order valence-electron chi connectivity index (χ1n) is 11.4. The first-order chi connectivity index (χ1) is 17.5. The van der Waals surface area contributed by atoms with Crippen molar-refractivity contribution in [3.8, 4) is 29.0 Å². The molecule has 0 aliphatic rings. The highest BCUT2D eigenvalue weighted by atomic mass is 16.3. The Morgan fingerprint density at radius 3 is 2.36 bits per heavy atom. The molecule has 0 aliphatic heterocycles. The normalized spacial score (nSPS) is 10.9. The van der Waals surface area contributed by atoms with Gasteiger partial charge in [0, 0.05) is 16.7 Å². The fraction of sp³-hybridized carbons (Fsp3) is 0.0323. The van der Waals surface area contributed by atoms with Crippen molar-refractivity contribution in [3.63, 3.8) is 0 Å². The van der Waals surface area contributed by atoms with Gasteiger partial charge in [0.05, 0.1) is 16.6 Å². The van der Waals surface area contributed by atoms with Crippen LogP contribution in [0.2, 0.25) is 0 Å². The number of hydrogen-bond donors (Lipinski definition) is 2. The van der Waals surface area contributed by atoms with Gasteiger partial charge in [-0.3, -0.25) is 9.36 Å². The first kappa shape index (κ1) is 22.7. The molecule has 5 aromatic rings. The summed E-state index contributed by atoms with van der Waals surface area (Å²) < 4.78 is 1.56. The Kier molecular flexibility index (Phi) is 6.09. The lowest BCUT2D eigenvalue weighted by molar-refractivity contribution is 0.459. The van der Waals surface area contributed by atoms with E-state index in [1.54, 1.807) is 28.9 Å². The van der Waals surface area contributed by atoms with Gasteiger partial charge in [0.2, 0.25) is 0 Å². The monoisotopic (exact) mass is 470 g/mol. The second-order valence-electron chi connectivity index (χ2n) is 8.32. The van der Waals surface area contributed by atoms with Crippen molar-refractivity contribution in [2.75, 3.05) is 0 Å². The number of aromatic hydroxyl groups is 2. The van der Waals surface area contributed by atoms with Crippen LogP contribution in [0.4, 0.5) is 0 Å². The summed E-state index contributed by atoms with van der Waals surface area (Å²) in [6.45, 7) is 1.93. The van der Waals surface area contributed by atoms with Gasteiger partial charge in [0.15, 0.2) is 0 Å². The number of hydrogen-bond acceptors (Lipinski definition) is 4. The zero-order valence-corrected chi connectivity index (χ0v) is 19.5. The molecule has 5 heteroatoms. The molecule has 1 aromatic heterocycles. The third-order valence-corrected chi connectivity index (χ3v) is 5.79. The van der Waals surface area contributed by atoms with E-state index in [0.717, 1.165) is 16.7 Å². The van der Waals surface area contributed by atoms with Crippen LogP contribution >= 0.6 is 0 Å². The fourth-order valence-electron chi connectivity index (χ4n) is 3.98. The van der Waals surface area contributed by atoms with Crippen molar-refractivity contribution in [3.05, 3.63) is 129 Å². The number of benzene rings is 4. The lowest BCUT2D eigenvalue weighted by atomic mass is 10.1. The van der Waals surface area contributed by atoms with Gasteiger partial charge in [-0.25, -0.2) is 4.98 Å². The topological polar surface area (TPSA) is 75.3 Å². The Hall–Kier alpha value is -5.08. The van der Waals surface area contributed by atoms with Gasteiger partial charge in [0.1, 0.15) is 17.3 Å². The summed E-state index contributed by atoms with van der Waals surface area (Å²) in [5.41, 5.74) is 4.09. The Morgan fingerprint density at radius 1 is 0.806 bits per heavy atom. The molecule has 174 valence electrons. The van der Waals surface area contributed by atoms with Crippen LogP contribution in [0, 0.1) is 18.8 Å². The Labute approximate surface area is 208 Å². The maximum absolute atomic E-state index is 13.6. The molecular formula is C31H22N2O3. The minimum atomic E-state index is -0.202. The number of para-hydroxylation sites is 1. The Balaban J connectivity index is 1.63. The number of aromatic nitrogens is 2. The molecule has 0 bridgehead atoms. The van der Waals surface area contributed by atoms with Gasteiger partial charge >= 0.3 is 0 Å². The average Bonchev–Trinajstić information content (AvgIpc) is 2.89. The molecule has 36 heavy (non-hydrogen) atoms. The smallest absolute Gasteiger partial charge is 0.266 e. The van der Waals surface area contributed by atoms with Gasteiger partial charge in [-0.15, -0.1) is 0 Å². The van der Waals surface area contributed by atoms with Crippen molar-refractivity contribution in [2.45, 2.75) is 6.92 Å². The molecule has 2 N–H and O–H groups in total. The molecule has 1 heterocycles. The average molecular weight is 471 g/mol. The molecule has 0 aliphatic carbocycles. The van der Waals surface area contributed by atoms with E-state index in [4.69, 9.17) is 4.98 Å².